The molecule has 1 N–H and O–H groups in total. The van der Waals surface area contributed by atoms with E-state index in [4.69, 9.17) is 0 Å². The van der Waals surface area contributed by atoms with Crippen LogP contribution in [0.3, 0.4) is 0 Å². The number of sulfonamides is 1. The number of hydrogen-bond donors (Lipinski definition) is 1. The summed E-state index contributed by atoms with van der Waals surface area (Å²) in [5.74, 6) is 0.0301. The van der Waals surface area contributed by atoms with Crippen molar-refractivity contribution in [3.8, 4) is 11.3 Å². The number of nitrogens with zero attached hydrogens (tertiary/aromatic N) is 4. The van der Waals surface area contributed by atoms with Gasteiger partial charge in [-0.1, -0.05) is 6.07 Å². The number of hydrogen-bond acceptors (Lipinski definition) is 5. The minimum atomic E-state index is -4.66. The van der Waals surface area contributed by atoms with E-state index in [-0.39, 0.29) is 5.82 Å². The van der Waals surface area contributed by atoms with Crippen molar-refractivity contribution >= 4 is 21.5 Å². The first-order valence-corrected chi connectivity index (χ1v) is 9.68. The van der Waals surface area contributed by atoms with Gasteiger partial charge >= 0.3 is 6.18 Å². The number of halogens is 3. The average Bonchev–Trinajstić information content (AvgIpc) is 3.13. The van der Waals surface area contributed by atoms with E-state index in [9.17, 15) is 21.6 Å². The van der Waals surface area contributed by atoms with Gasteiger partial charge in [0, 0.05) is 30.2 Å². The van der Waals surface area contributed by atoms with Crippen molar-refractivity contribution in [3.05, 3.63) is 72.7 Å². The van der Waals surface area contributed by atoms with Crippen molar-refractivity contribution in [2.75, 3.05) is 4.72 Å². The summed E-state index contributed by atoms with van der Waals surface area (Å²) in [7, 11) is -4.29. The molecule has 4 rings (SSSR count). The van der Waals surface area contributed by atoms with E-state index in [1.54, 1.807) is 30.6 Å². The molecule has 7 nitrogen and oxygen atoms in total. The lowest BCUT2D eigenvalue weighted by Gasteiger charge is -2.11. The fourth-order valence-corrected chi connectivity index (χ4v) is 3.75. The summed E-state index contributed by atoms with van der Waals surface area (Å²) in [6, 6.07) is 10.00. The average molecular weight is 419 g/mol. The molecule has 0 aliphatic carbocycles. The van der Waals surface area contributed by atoms with Gasteiger partial charge in [0.1, 0.15) is 5.82 Å². The highest BCUT2D eigenvalue weighted by Gasteiger charge is 2.31. The van der Waals surface area contributed by atoms with Crippen LogP contribution >= 0.6 is 0 Å². The van der Waals surface area contributed by atoms with Crippen LogP contribution in [0.15, 0.2) is 72.0 Å². The number of alkyl halides is 3. The first kappa shape index (κ1) is 18.9. The maximum absolute atomic E-state index is 12.9. The third-order valence-electron chi connectivity index (χ3n) is 4.03. The number of pyridine rings is 1. The molecule has 0 aliphatic heterocycles. The highest BCUT2D eigenvalue weighted by atomic mass is 32.2. The Hall–Kier alpha value is -3.47. The SMILES string of the molecule is O=S(=O)(Nc1ccnc2cc(-c3cccnc3)nn12)c1cccc(C(F)(F)F)c1. The summed E-state index contributed by atoms with van der Waals surface area (Å²) in [5, 5.41) is 4.32. The molecule has 29 heavy (non-hydrogen) atoms. The van der Waals surface area contributed by atoms with Gasteiger partial charge in [-0.3, -0.25) is 9.71 Å². The normalized spacial score (nSPS) is 12.2. The van der Waals surface area contributed by atoms with Gasteiger partial charge in [0.25, 0.3) is 10.0 Å². The van der Waals surface area contributed by atoms with E-state index < -0.39 is 26.7 Å². The summed E-state index contributed by atoms with van der Waals surface area (Å²) >= 11 is 0. The highest BCUT2D eigenvalue weighted by Crippen LogP contribution is 2.31. The summed E-state index contributed by atoms with van der Waals surface area (Å²) in [6.07, 6.45) is -0.0927. The molecule has 148 valence electrons. The standard InChI is InChI=1S/C18H12F3N5O2S/c19-18(20,21)13-4-1-5-14(9-13)29(27,28)25-16-6-8-23-17-10-15(24-26(16)17)12-3-2-7-22-11-12/h1-11,25H. The van der Waals surface area contributed by atoms with E-state index in [2.05, 4.69) is 19.8 Å². The van der Waals surface area contributed by atoms with Crippen LogP contribution in [-0.4, -0.2) is 28.0 Å². The largest absolute Gasteiger partial charge is 0.416 e. The molecule has 4 aromatic rings. The van der Waals surface area contributed by atoms with Gasteiger partial charge in [0.2, 0.25) is 0 Å². The molecule has 0 bridgehead atoms. The number of aromatic nitrogens is 4. The molecule has 3 heterocycles. The Labute approximate surface area is 162 Å². The third kappa shape index (κ3) is 3.76. The van der Waals surface area contributed by atoms with Gasteiger partial charge < -0.3 is 0 Å². The van der Waals surface area contributed by atoms with Crippen LogP contribution in [0.25, 0.3) is 16.9 Å². The van der Waals surface area contributed by atoms with E-state index in [1.807, 2.05) is 0 Å². The summed E-state index contributed by atoms with van der Waals surface area (Å²) in [5.41, 5.74) is 0.507. The van der Waals surface area contributed by atoms with Gasteiger partial charge in [-0.05, 0) is 36.4 Å². The fraction of sp³-hybridized carbons (Fsp3) is 0.0556. The van der Waals surface area contributed by atoms with Gasteiger partial charge in [-0.15, -0.1) is 0 Å². The van der Waals surface area contributed by atoms with E-state index in [0.717, 1.165) is 18.2 Å². The van der Waals surface area contributed by atoms with Crippen molar-refractivity contribution in [2.24, 2.45) is 0 Å². The van der Waals surface area contributed by atoms with Gasteiger partial charge in [-0.2, -0.15) is 22.8 Å². The Bertz CT molecular complexity index is 1290. The van der Waals surface area contributed by atoms with Gasteiger partial charge in [0.05, 0.1) is 16.2 Å². The number of rotatable bonds is 4. The zero-order chi connectivity index (χ0) is 20.6. The Morgan fingerprint density at radius 3 is 2.55 bits per heavy atom. The molecule has 0 amide bonds. The summed E-state index contributed by atoms with van der Waals surface area (Å²) in [6.45, 7) is 0. The first-order valence-electron chi connectivity index (χ1n) is 8.19. The lowest BCUT2D eigenvalue weighted by atomic mass is 10.2. The summed E-state index contributed by atoms with van der Waals surface area (Å²) in [4.78, 5) is 7.62. The van der Waals surface area contributed by atoms with E-state index in [0.29, 0.717) is 23.0 Å². The van der Waals surface area contributed by atoms with Crippen LogP contribution in [0, 0.1) is 0 Å². The highest BCUT2D eigenvalue weighted by molar-refractivity contribution is 7.92. The van der Waals surface area contributed by atoms with E-state index in [1.165, 1.54) is 16.8 Å². The van der Waals surface area contributed by atoms with Crippen molar-refractivity contribution in [1.29, 1.82) is 0 Å². The Kier molecular flexibility index (Phi) is 4.46. The molecule has 1 aromatic carbocycles. The maximum Gasteiger partial charge on any atom is 0.416 e. The predicted molar refractivity (Wildman–Crippen MR) is 98.5 cm³/mol. The van der Waals surface area contributed by atoms with Crippen molar-refractivity contribution in [2.45, 2.75) is 11.1 Å². The Balaban J connectivity index is 1.73. The quantitative estimate of drug-likeness (QED) is 0.546. The van der Waals surface area contributed by atoms with Crippen LogP contribution in [0.5, 0.6) is 0 Å². The lowest BCUT2D eigenvalue weighted by molar-refractivity contribution is -0.137. The molecule has 0 spiro atoms. The predicted octanol–water partition coefficient (Wildman–Crippen LogP) is 3.61. The first-order chi connectivity index (χ1) is 13.7. The second-order valence-corrected chi connectivity index (χ2v) is 7.68. The van der Waals surface area contributed by atoms with Gasteiger partial charge in [0.15, 0.2) is 5.65 Å². The van der Waals surface area contributed by atoms with Gasteiger partial charge in [-0.25, -0.2) is 13.4 Å². The van der Waals surface area contributed by atoms with Crippen molar-refractivity contribution < 1.29 is 21.6 Å². The van der Waals surface area contributed by atoms with Crippen LogP contribution < -0.4 is 4.72 Å². The lowest BCUT2D eigenvalue weighted by Crippen LogP contribution is -2.17. The number of fused-ring (bicyclic) bond motifs is 1. The molecular formula is C18H12F3N5O2S. The molecular weight excluding hydrogens is 407 g/mol. The molecule has 0 atom stereocenters. The van der Waals surface area contributed by atoms with Crippen LogP contribution in [-0.2, 0) is 16.2 Å². The minimum absolute atomic E-state index is 0.0301. The molecule has 0 fully saturated rings. The number of nitrogens with one attached hydrogen (secondary N) is 1. The van der Waals surface area contributed by atoms with Crippen LogP contribution in [0.2, 0.25) is 0 Å². The number of benzene rings is 1. The Morgan fingerprint density at radius 1 is 1.00 bits per heavy atom. The monoisotopic (exact) mass is 419 g/mol. The molecule has 0 saturated heterocycles. The van der Waals surface area contributed by atoms with Crippen LogP contribution in [0.4, 0.5) is 19.0 Å². The summed E-state index contributed by atoms with van der Waals surface area (Å²) < 4.78 is 67.6. The van der Waals surface area contributed by atoms with Crippen molar-refractivity contribution in [1.82, 2.24) is 19.6 Å². The smallest absolute Gasteiger partial charge is 0.264 e. The second-order valence-electron chi connectivity index (χ2n) is 6.00. The molecule has 0 radical (unpaired) electrons. The maximum atomic E-state index is 12.9. The van der Waals surface area contributed by atoms with E-state index >= 15 is 0 Å². The Morgan fingerprint density at radius 2 is 1.83 bits per heavy atom. The van der Waals surface area contributed by atoms with Crippen LogP contribution in [0.1, 0.15) is 5.56 Å². The van der Waals surface area contributed by atoms with Crippen molar-refractivity contribution in [3.63, 3.8) is 0 Å². The molecule has 3 aromatic heterocycles. The molecule has 11 heteroatoms. The zero-order valence-corrected chi connectivity index (χ0v) is 15.3. The number of anilines is 1. The zero-order valence-electron chi connectivity index (χ0n) is 14.5. The molecule has 0 saturated carbocycles. The molecule has 0 aliphatic rings. The fourth-order valence-electron chi connectivity index (χ4n) is 2.66. The second kappa shape index (κ2) is 6.85. The third-order valence-corrected chi connectivity index (χ3v) is 5.38. The minimum Gasteiger partial charge on any atom is -0.264 e. The topological polar surface area (TPSA) is 89.2 Å². The molecule has 0 unspecified atom stereocenters.